The lowest BCUT2D eigenvalue weighted by Gasteiger charge is -2.32. The minimum absolute atomic E-state index is 0.00276. The highest BCUT2D eigenvalue weighted by molar-refractivity contribution is 5.96. The zero-order valence-corrected chi connectivity index (χ0v) is 26.3. The van der Waals surface area contributed by atoms with E-state index in [2.05, 4.69) is 39.8 Å². The molecule has 232 valence electrons. The minimum Gasteiger partial charge on any atom is -0.467 e. The molecule has 2 rings (SSSR count). The first-order chi connectivity index (χ1) is 20.4. The Balaban J connectivity index is 1.90. The molecule has 0 bridgehead atoms. The predicted molar refractivity (Wildman–Crippen MR) is 169 cm³/mol. The number of carbonyl (C=O) groups is 4. The molecule has 43 heavy (non-hydrogen) atoms. The number of methoxy groups -OCH3 is 1. The van der Waals surface area contributed by atoms with Gasteiger partial charge in [-0.05, 0) is 62.7 Å². The summed E-state index contributed by atoms with van der Waals surface area (Å²) in [5, 5.41) is 0. The van der Waals surface area contributed by atoms with Crippen molar-refractivity contribution in [3.8, 4) is 0 Å². The third-order valence-electron chi connectivity index (χ3n) is 7.58. The zero-order valence-electron chi connectivity index (χ0n) is 26.3. The maximum Gasteiger partial charge on any atom is 0.329 e. The Morgan fingerprint density at radius 1 is 1.09 bits per heavy atom. The zero-order chi connectivity index (χ0) is 32.0. The molecule has 0 spiro atoms. The standard InChI is InChI=1S/C35H46N2O6/c1-25(17-18-29-27(3)14-11-20-35(29,4)5)12-10-13-26(2)19-21-43-32(39)23-30(36)33(40)37(24-38)31(34(41)42-6)22-28-15-8-7-9-16-28/h7-10,12-13,15-19,24,30-31H,11,14,20-23,36H2,1-6H3. The second-order valence-electron chi connectivity index (χ2n) is 11.6. The number of carbonyl (C=O) groups excluding carboxylic acids is 4. The van der Waals surface area contributed by atoms with E-state index in [1.54, 1.807) is 30.3 Å². The van der Waals surface area contributed by atoms with Crippen LogP contribution in [0.15, 0.2) is 89.1 Å². The largest absolute Gasteiger partial charge is 0.467 e. The average Bonchev–Trinajstić information content (AvgIpc) is 2.96. The molecule has 0 fully saturated rings. The Hall–Kier alpha value is -4.04. The van der Waals surface area contributed by atoms with Crippen LogP contribution in [0.25, 0.3) is 0 Å². The van der Waals surface area contributed by atoms with Crippen molar-refractivity contribution in [2.75, 3.05) is 13.7 Å². The van der Waals surface area contributed by atoms with E-state index in [0.29, 0.717) is 4.90 Å². The molecule has 8 heteroatoms. The van der Waals surface area contributed by atoms with E-state index in [-0.39, 0.29) is 24.9 Å². The van der Waals surface area contributed by atoms with Crippen LogP contribution in [0.4, 0.5) is 0 Å². The van der Waals surface area contributed by atoms with Crippen molar-refractivity contribution in [3.63, 3.8) is 0 Å². The summed E-state index contributed by atoms with van der Waals surface area (Å²) < 4.78 is 10.0. The molecule has 8 nitrogen and oxygen atoms in total. The summed E-state index contributed by atoms with van der Waals surface area (Å²) in [7, 11) is 1.17. The maximum absolute atomic E-state index is 12.9. The number of nitrogens with zero attached hydrogens (tertiary/aromatic N) is 1. The Bertz CT molecular complexity index is 1290. The summed E-state index contributed by atoms with van der Waals surface area (Å²) in [5.41, 5.74) is 11.8. The molecule has 0 heterocycles. The summed E-state index contributed by atoms with van der Waals surface area (Å²) >= 11 is 0. The van der Waals surface area contributed by atoms with Crippen molar-refractivity contribution < 1.29 is 28.7 Å². The highest BCUT2D eigenvalue weighted by Gasteiger charge is 2.34. The van der Waals surface area contributed by atoms with Gasteiger partial charge in [0.1, 0.15) is 12.6 Å². The smallest absolute Gasteiger partial charge is 0.329 e. The molecule has 1 aromatic rings. The molecule has 1 aromatic carbocycles. The second kappa shape index (κ2) is 17.2. The summed E-state index contributed by atoms with van der Waals surface area (Å²) in [6.07, 6.45) is 15.4. The van der Waals surface area contributed by atoms with Crippen molar-refractivity contribution in [3.05, 3.63) is 94.6 Å². The van der Waals surface area contributed by atoms with E-state index < -0.39 is 36.4 Å². The molecule has 1 aliphatic rings. The SMILES string of the molecule is COC(=O)C(Cc1ccccc1)N(C=O)C(=O)C(N)CC(=O)OCC=C(C)C=CC=C(C)C=CC1=C(C)CCCC1(C)C. The summed E-state index contributed by atoms with van der Waals surface area (Å²) in [4.78, 5) is 50.2. The van der Waals surface area contributed by atoms with Gasteiger partial charge in [0, 0.05) is 6.42 Å². The van der Waals surface area contributed by atoms with Crippen molar-refractivity contribution in [2.45, 2.75) is 78.8 Å². The van der Waals surface area contributed by atoms with Crippen molar-refractivity contribution in [1.29, 1.82) is 0 Å². The summed E-state index contributed by atoms with van der Waals surface area (Å²) in [5.74, 6) is -2.34. The van der Waals surface area contributed by atoms with Gasteiger partial charge in [-0.3, -0.25) is 19.3 Å². The molecular weight excluding hydrogens is 544 g/mol. The normalized spacial score (nSPS) is 17.1. The van der Waals surface area contributed by atoms with Crippen LogP contribution < -0.4 is 5.73 Å². The molecule has 2 atom stereocenters. The average molecular weight is 591 g/mol. The summed E-state index contributed by atoms with van der Waals surface area (Å²) in [6, 6.07) is 6.29. The monoisotopic (exact) mass is 590 g/mol. The number of benzene rings is 1. The molecule has 0 saturated carbocycles. The van der Waals surface area contributed by atoms with Crippen molar-refractivity contribution >= 4 is 24.3 Å². The number of hydrogen-bond acceptors (Lipinski definition) is 7. The fourth-order valence-corrected chi connectivity index (χ4v) is 5.03. The molecule has 2 amide bonds. The summed E-state index contributed by atoms with van der Waals surface area (Å²) in [6.45, 7) is 10.8. The van der Waals surface area contributed by atoms with Crippen LogP contribution in [0.3, 0.4) is 0 Å². The third-order valence-corrected chi connectivity index (χ3v) is 7.58. The Morgan fingerprint density at radius 3 is 2.42 bits per heavy atom. The van der Waals surface area contributed by atoms with Crippen LogP contribution in [0.1, 0.15) is 65.9 Å². The molecule has 0 aromatic heterocycles. The van der Waals surface area contributed by atoms with Crippen LogP contribution in [0.2, 0.25) is 0 Å². The predicted octanol–water partition coefficient (Wildman–Crippen LogP) is 5.55. The van der Waals surface area contributed by atoms with Crippen LogP contribution in [-0.2, 0) is 35.1 Å². The number of nitrogens with two attached hydrogens (primary N) is 1. The lowest BCUT2D eigenvalue weighted by atomic mass is 9.72. The van der Waals surface area contributed by atoms with E-state index in [1.807, 2.05) is 31.2 Å². The number of imide groups is 1. The van der Waals surface area contributed by atoms with Gasteiger partial charge < -0.3 is 15.2 Å². The molecule has 2 unspecified atom stereocenters. The van der Waals surface area contributed by atoms with E-state index >= 15 is 0 Å². The molecule has 2 N–H and O–H groups in total. The van der Waals surface area contributed by atoms with Crippen molar-refractivity contribution in [1.82, 2.24) is 4.90 Å². The third kappa shape index (κ3) is 11.3. The molecule has 1 aliphatic carbocycles. The topological polar surface area (TPSA) is 116 Å². The fraction of sp³-hybridized carbons (Fsp3) is 0.429. The second-order valence-corrected chi connectivity index (χ2v) is 11.6. The van der Waals surface area contributed by atoms with Gasteiger partial charge in [-0.25, -0.2) is 4.79 Å². The quantitative estimate of drug-likeness (QED) is 0.172. The van der Waals surface area contributed by atoms with E-state index in [1.165, 1.54) is 31.1 Å². The number of amides is 2. The highest BCUT2D eigenvalue weighted by Crippen LogP contribution is 2.40. The van der Waals surface area contributed by atoms with Gasteiger partial charge in [-0.15, -0.1) is 0 Å². The van der Waals surface area contributed by atoms with E-state index in [9.17, 15) is 19.2 Å². The molecule has 0 aliphatic heterocycles. The maximum atomic E-state index is 12.9. The highest BCUT2D eigenvalue weighted by atomic mass is 16.5. The van der Waals surface area contributed by atoms with Crippen LogP contribution in [0, 0.1) is 5.41 Å². The number of ether oxygens (including phenoxy) is 2. The number of esters is 2. The van der Waals surface area contributed by atoms with Crippen LogP contribution >= 0.6 is 0 Å². The van der Waals surface area contributed by atoms with Crippen molar-refractivity contribution in [2.24, 2.45) is 11.1 Å². The lowest BCUT2D eigenvalue weighted by Crippen LogP contribution is -2.52. The first-order valence-corrected chi connectivity index (χ1v) is 14.6. The van der Waals surface area contributed by atoms with Crippen LogP contribution in [-0.4, -0.2) is 55.0 Å². The van der Waals surface area contributed by atoms with Gasteiger partial charge in [0.05, 0.1) is 19.6 Å². The Kier molecular flexibility index (Phi) is 14.0. The van der Waals surface area contributed by atoms with Crippen LogP contribution in [0.5, 0.6) is 0 Å². The van der Waals surface area contributed by atoms with Gasteiger partial charge in [0.2, 0.25) is 12.3 Å². The molecular formula is C35H46N2O6. The number of hydrogen-bond donors (Lipinski definition) is 1. The minimum atomic E-state index is -1.37. The lowest BCUT2D eigenvalue weighted by molar-refractivity contribution is -0.157. The van der Waals surface area contributed by atoms with Gasteiger partial charge in [-0.2, -0.15) is 0 Å². The molecule has 0 saturated heterocycles. The fourth-order valence-electron chi connectivity index (χ4n) is 5.03. The van der Waals surface area contributed by atoms with Gasteiger partial charge >= 0.3 is 11.9 Å². The molecule has 0 radical (unpaired) electrons. The van der Waals surface area contributed by atoms with E-state index in [0.717, 1.165) is 23.1 Å². The van der Waals surface area contributed by atoms with Gasteiger partial charge in [-0.1, -0.05) is 91.3 Å². The first-order valence-electron chi connectivity index (χ1n) is 14.6. The van der Waals surface area contributed by atoms with E-state index in [4.69, 9.17) is 15.2 Å². The van der Waals surface area contributed by atoms with Gasteiger partial charge in [0.15, 0.2) is 0 Å². The van der Waals surface area contributed by atoms with Gasteiger partial charge in [0.25, 0.3) is 0 Å². The number of rotatable bonds is 14. The Labute approximate surface area is 256 Å². The Morgan fingerprint density at radius 2 is 1.79 bits per heavy atom. The number of allylic oxidation sites excluding steroid dienone is 9. The first kappa shape index (κ1) is 35.2.